The maximum atomic E-state index is 10.5. The first-order valence-corrected chi connectivity index (χ1v) is 6.51. The van der Waals surface area contributed by atoms with Gasteiger partial charge in [-0.25, -0.2) is 0 Å². The predicted octanol–water partition coefficient (Wildman–Crippen LogP) is 3.68. The SMILES string of the molecule is OC1(c2ccsc2)CCCCCCC1. The van der Waals surface area contributed by atoms with Gasteiger partial charge in [0, 0.05) is 0 Å². The molecule has 0 bridgehead atoms. The third-order valence-electron chi connectivity index (χ3n) is 3.24. The fraction of sp³-hybridized carbons (Fsp3) is 0.667. The highest BCUT2D eigenvalue weighted by Crippen LogP contribution is 2.35. The molecule has 78 valence electrons. The summed E-state index contributed by atoms with van der Waals surface area (Å²) >= 11 is 1.68. The van der Waals surface area contributed by atoms with Gasteiger partial charge < -0.3 is 5.11 Å². The van der Waals surface area contributed by atoms with Crippen LogP contribution in [-0.4, -0.2) is 5.11 Å². The minimum Gasteiger partial charge on any atom is -0.385 e. The average molecular weight is 210 g/mol. The zero-order chi connectivity index (χ0) is 9.86. The van der Waals surface area contributed by atoms with E-state index in [1.807, 2.05) is 0 Å². The van der Waals surface area contributed by atoms with Crippen molar-refractivity contribution < 1.29 is 5.11 Å². The van der Waals surface area contributed by atoms with Crippen molar-refractivity contribution in [1.29, 1.82) is 0 Å². The first-order valence-electron chi connectivity index (χ1n) is 5.56. The normalized spacial score (nSPS) is 22.6. The second-order valence-corrected chi connectivity index (χ2v) is 5.09. The summed E-state index contributed by atoms with van der Waals surface area (Å²) in [6, 6.07) is 2.08. The highest BCUT2D eigenvalue weighted by molar-refractivity contribution is 7.08. The van der Waals surface area contributed by atoms with Crippen molar-refractivity contribution in [2.24, 2.45) is 0 Å². The van der Waals surface area contributed by atoms with Crippen LogP contribution in [-0.2, 0) is 5.60 Å². The monoisotopic (exact) mass is 210 g/mol. The van der Waals surface area contributed by atoms with E-state index >= 15 is 0 Å². The van der Waals surface area contributed by atoms with Gasteiger partial charge in [0.05, 0.1) is 5.60 Å². The van der Waals surface area contributed by atoms with E-state index in [-0.39, 0.29) is 0 Å². The van der Waals surface area contributed by atoms with Crippen molar-refractivity contribution in [2.45, 2.75) is 50.5 Å². The van der Waals surface area contributed by atoms with Crippen LogP contribution in [0.15, 0.2) is 16.8 Å². The van der Waals surface area contributed by atoms with E-state index in [9.17, 15) is 5.11 Å². The molecule has 1 nitrogen and oxygen atoms in total. The Labute approximate surface area is 89.8 Å². The number of thiophene rings is 1. The Hall–Kier alpha value is -0.340. The zero-order valence-corrected chi connectivity index (χ0v) is 9.35. The molecule has 0 aliphatic heterocycles. The molecule has 2 rings (SSSR count). The molecule has 14 heavy (non-hydrogen) atoms. The van der Waals surface area contributed by atoms with Gasteiger partial charge in [0.15, 0.2) is 0 Å². The summed E-state index contributed by atoms with van der Waals surface area (Å²) in [6.07, 6.45) is 8.16. The number of hydrogen-bond acceptors (Lipinski definition) is 2. The standard InChI is InChI=1S/C12H18OS/c13-12(11-6-9-14-10-11)7-4-2-1-3-5-8-12/h6,9-10,13H,1-5,7-8H2. The molecule has 1 heterocycles. The van der Waals surface area contributed by atoms with Crippen LogP contribution in [0.1, 0.15) is 50.5 Å². The van der Waals surface area contributed by atoms with Crippen molar-refractivity contribution in [1.82, 2.24) is 0 Å². The molecule has 0 spiro atoms. The van der Waals surface area contributed by atoms with E-state index in [2.05, 4.69) is 16.8 Å². The first kappa shape index (κ1) is 10.2. The Bertz CT molecular complexity index is 258. The molecule has 1 aliphatic carbocycles. The van der Waals surface area contributed by atoms with Crippen LogP contribution in [0.4, 0.5) is 0 Å². The summed E-state index contributed by atoms with van der Waals surface area (Å²) in [5, 5.41) is 14.7. The maximum Gasteiger partial charge on any atom is 0.0904 e. The van der Waals surface area contributed by atoms with Crippen LogP contribution >= 0.6 is 11.3 Å². The third-order valence-corrected chi connectivity index (χ3v) is 3.92. The van der Waals surface area contributed by atoms with Crippen LogP contribution in [0.25, 0.3) is 0 Å². The molecule has 0 unspecified atom stereocenters. The molecule has 1 aromatic rings. The lowest BCUT2D eigenvalue weighted by Crippen LogP contribution is -2.25. The van der Waals surface area contributed by atoms with Gasteiger partial charge in [-0.3, -0.25) is 0 Å². The molecular formula is C12H18OS. The van der Waals surface area contributed by atoms with Gasteiger partial charge in [-0.2, -0.15) is 11.3 Å². The molecule has 2 heteroatoms. The van der Waals surface area contributed by atoms with E-state index in [1.165, 1.54) is 32.1 Å². The Kier molecular flexibility index (Phi) is 3.24. The lowest BCUT2D eigenvalue weighted by molar-refractivity contribution is 0.0100. The second kappa shape index (κ2) is 4.45. The molecule has 1 aliphatic rings. The average Bonchev–Trinajstić information content (AvgIpc) is 2.65. The summed E-state index contributed by atoms with van der Waals surface area (Å²) in [7, 11) is 0. The lowest BCUT2D eigenvalue weighted by atomic mass is 9.83. The van der Waals surface area contributed by atoms with Gasteiger partial charge in [0.2, 0.25) is 0 Å². The van der Waals surface area contributed by atoms with Gasteiger partial charge >= 0.3 is 0 Å². The molecule has 0 amide bonds. The van der Waals surface area contributed by atoms with Crippen molar-refractivity contribution in [2.75, 3.05) is 0 Å². The second-order valence-electron chi connectivity index (χ2n) is 4.31. The van der Waals surface area contributed by atoms with Gasteiger partial charge in [-0.05, 0) is 35.2 Å². The zero-order valence-electron chi connectivity index (χ0n) is 8.54. The number of aliphatic hydroxyl groups is 1. The molecule has 0 radical (unpaired) electrons. The molecule has 0 atom stereocenters. The van der Waals surface area contributed by atoms with E-state index in [0.717, 1.165) is 18.4 Å². The minimum absolute atomic E-state index is 0.513. The maximum absolute atomic E-state index is 10.5. The molecule has 1 fully saturated rings. The van der Waals surface area contributed by atoms with Crippen molar-refractivity contribution >= 4 is 11.3 Å². The highest BCUT2D eigenvalue weighted by Gasteiger charge is 2.29. The van der Waals surface area contributed by atoms with Crippen LogP contribution in [0.2, 0.25) is 0 Å². The minimum atomic E-state index is -0.513. The van der Waals surface area contributed by atoms with E-state index < -0.39 is 5.60 Å². The number of hydrogen-bond donors (Lipinski definition) is 1. The molecule has 0 aromatic carbocycles. The Morgan fingerprint density at radius 3 is 2.29 bits per heavy atom. The first-order chi connectivity index (χ1) is 6.81. The van der Waals surface area contributed by atoms with Gasteiger partial charge in [-0.1, -0.05) is 32.1 Å². The van der Waals surface area contributed by atoms with Crippen LogP contribution in [0, 0.1) is 0 Å². The largest absolute Gasteiger partial charge is 0.385 e. The molecule has 0 saturated heterocycles. The fourth-order valence-corrected chi connectivity index (χ4v) is 3.06. The topological polar surface area (TPSA) is 20.2 Å². The molecule has 1 saturated carbocycles. The van der Waals surface area contributed by atoms with Crippen molar-refractivity contribution in [3.05, 3.63) is 22.4 Å². The third kappa shape index (κ3) is 2.18. The fourth-order valence-electron chi connectivity index (χ4n) is 2.31. The van der Waals surface area contributed by atoms with Crippen molar-refractivity contribution in [3.8, 4) is 0 Å². The van der Waals surface area contributed by atoms with Crippen LogP contribution in [0.3, 0.4) is 0 Å². The molecule has 1 N–H and O–H groups in total. The highest BCUT2D eigenvalue weighted by atomic mass is 32.1. The summed E-state index contributed by atoms with van der Waals surface area (Å²) in [5.41, 5.74) is 0.629. The van der Waals surface area contributed by atoms with E-state index in [0.29, 0.717) is 0 Å². The summed E-state index contributed by atoms with van der Waals surface area (Å²) in [4.78, 5) is 0. The molecular weight excluding hydrogens is 192 g/mol. The van der Waals surface area contributed by atoms with Crippen LogP contribution < -0.4 is 0 Å². The smallest absolute Gasteiger partial charge is 0.0904 e. The summed E-state index contributed by atoms with van der Waals surface area (Å²) in [5.74, 6) is 0. The predicted molar refractivity (Wildman–Crippen MR) is 60.5 cm³/mol. The van der Waals surface area contributed by atoms with Crippen LogP contribution in [0.5, 0.6) is 0 Å². The Balaban J connectivity index is 2.11. The van der Waals surface area contributed by atoms with E-state index in [1.54, 1.807) is 11.3 Å². The van der Waals surface area contributed by atoms with Gasteiger partial charge in [0.25, 0.3) is 0 Å². The lowest BCUT2D eigenvalue weighted by Gasteiger charge is -2.29. The molecule has 1 aromatic heterocycles. The van der Waals surface area contributed by atoms with Crippen molar-refractivity contribution in [3.63, 3.8) is 0 Å². The Morgan fingerprint density at radius 2 is 1.71 bits per heavy atom. The van der Waals surface area contributed by atoms with Gasteiger partial charge in [-0.15, -0.1) is 0 Å². The van der Waals surface area contributed by atoms with E-state index in [4.69, 9.17) is 0 Å². The van der Waals surface area contributed by atoms with Gasteiger partial charge in [0.1, 0.15) is 0 Å². The number of rotatable bonds is 1. The Morgan fingerprint density at radius 1 is 1.07 bits per heavy atom. The summed E-state index contributed by atoms with van der Waals surface area (Å²) < 4.78 is 0. The summed E-state index contributed by atoms with van der Waals surface area (Å²) in [6.45, 7) is 0. The quantitative estimate of drug-likeness (QED) is 0.749.